The van der Waals surface area contributed by atoms with E-state index in [9.17, 15) is 9.59 Å². The molecular formula is C10H19N3O2. The molecule has 0 aromatic rings. The fourth-order valence-corrected chi connectivity index (χ4v) is 1.68. The average molecular weight is 213 g/mol. The van der Waals surface area contributed by atoms with Gasteiger partial charge in [-0.05, 0) is 12.8 Å². The second kappa shape index (κ2) is 6.27. The summed E-state index contributed by atoms with van der Waals surface area (Å²) in [6.07, 6.45) is 4.75. The van der Waals surface area contributed by atoms with Gasteiger partial charge in [-0.15, -0.1) is 0 Å². The molecule has 1 aliphatic rings. The minimum atomic E-state index is -0.383. The maximum atomic E-state index is 11.6. The van der Waals surface area contributed by atoms with Gasteiger partial charge >= 0.3 is 6.03 Å². The van der Waals surface area contributed by atoms with Crippen molar-refractivity contribution in [2.75, 3.05) is 19.6 Å². The molecule has 0 aromatic heterocycles. The molecule has 0 radical (unpaired) electrons. The van der Waals surface area contributed by atoms with Crippen molar-refractivity contribution in [1.29, 1.82) is 0 Å². The summed E-state index contributed by atoms with van der Waals surface area (Å²) in [6, 6.07) is -0.0712. The van der Waals surface area contributed by atoms with Crippen molar-refractivity contribution in [2.45, 2.75) is 32.1 Å². The van der Waals surface area contributed by atoms with E-state index in [0.29, 0.717) is 6.54 Å². The van der Waals surface area contributed by atoms with Gasteiger partial charge < -0.3 is 16.0 Å². The lowest BCUT2D eigenvalue weighted by Gasteiger charge is -2.20. The number of nitrogens with one attached hydrogen (secondary N) is 1. The fraction of sp³-hybridized carbons (Fsp3) is 0.800. The van der Waals surface area contributed by atoms with Crippen LogP contribution in [-0.2, 0) is 4.79 Å². The maximum Gasteiger partial charge on any atom is 0.317 e. The number of nitrogens with zero attached hydrogens (tertiary/aromatic N) is 1. The van der Waals surface area contributed by atoms with Crippen LogP contribution in [0.5, 0.6) is 0 Å². The number of nitrogens with two attached hydrogens (primary N) is 1. The predicted molar refractivity (Wildman–Crippen MR) is 57.3 cm³/mol. The van der Waals surface area contributed by atoms with Crippen molar-refractivity contribution >= 4 is 11.9 Å². The third-order valence-electron chi connectivity index (χ3n) is 2.54. The Morgan fingerprint density at radius 2 is 1.73 bits per heavy atom. The first-order valence-corrected chi connectivity index (χ1v) is 5.51. The SMILES string of the molecule is NC(=O)CCNC(=O)N1CCCCCC1. The number of urea groups is 1. The minimum Gasteiger partial charge on any atom is -0.370 e. The zero-order valence-corrected chi connectivity index (χ0v) is 9.00. The first-order valence-electron chi connectivity index (χ1n) is 5.51. The first-order chi connectivity index (χ1) is 7.20. The van der Waals surface area contributed by atoms with Crippen LogP contribution in [0.4, 0.5) is 4.79 Å². The predicted octanol–water partition coefficient (Wildman–Crippen LogP) is 0.447. The van der Waals surface area contributed by atoms with E-state index in [0.717, 1.165) is 25.9 Å². The molecule has 5 heteroatoms. The zero-order chi connectivity index (χ0) is 11.1. The van der Waals surface area contributed by atoms with Gasteiger partial charge in [0.15, 0.2) is 0 Å². The maximum absolute atomic E-state index is 11.6. The summed E-state index contributed by atoms with van der Waals surface area (Å²) >= 11 is 0. The Hall–Kier alpha value is -1.26. The minimum absolute atomic E-state index is 0.0712. The third kappa shape index (κ3) is 4.67. The van der Waals surface area contributed by atoms with Gasteiger partial charge in [-0.1, -0.05) is 12.8 Å². The summed E-state index contributed by atoms with van der Waals surface area (Å²) in [6.45, 7) is 1.98. The molecule has 1 fully saturated rings. The molecule has 1 rings (SSSR count). The molecule has 3 N–H and O–H groups in total. The molecule has 1 heterocycles. The largest absolute Gasteiger partial charge is 0.370 e. The van der Waals surface area contributed by atoms with Crippen molar-refractivity contribution in [2.24, 2.45) is 5.73 Å². The Morgan fingerprint density at radius 3 is 2.27 bits per heavy atom. The van der Waals surface area contributed by atoms with Crippen molar-refractivity contribution in [1.82, 2.24) is 10.2 Å². The number of carbonyl (C=O) groups is 2. The Morgan fingerprint density at radius 1 is 1.13 bits per heavy atom. The van der Waals surface area contributed by atoms with E-state index in [-0.39, 0.29) is 18.4 Å². The van der Waals surface area contributed by atoms with Crippen LogP contribution < -0.4 is 11.1 Å². The highest BCUT2D eigenvalue weighted by Crippen LogP contribution is 2.09. The molecule has 0 aromatic carbocycles. The molecule has 5 nitrogen and oxygen atoms in total. The summed E-state index contributed by atoms with van der Waals surface area (Å²) in [5, 5.41) is 2.70. The topological polar surface area (TPSA) is 75.4 Å². The summed E-state index contributed by atoms with van der Waals surface area (Å²) in [5.41, 5.74) is 4.98. The lowest BCUT2D eigenvalue weighted by atomic mass is 10.2. The second-order valence-corrected chi connectivity index (χ2v) is 3.85. The molecule has 1 saturated heterocycles. The van der Waals surface area contributed by atoms with Crippen LogP contribution in [0.2, 0.25) is 0 Å². The van der Waals surface area contributed by atoms with Gasteiger partial charge in [0.25, 0.3) is 0 Å². The van der Waals surface area contributed by atoms with Gasteiger partial charge in [-0.25, -0.2) is 4.79 Å². The quantitative estimate of drug-likeness (QED) is 0.714. The van der Waals surface area contributed by atoms with Gasteiger partial charge in [-0.2, -0.15) is 0 Å². The normalized spacial score (nSPS) is 16.9. The van der Waals surface area contributed by atoms with Crippen LogP contribution in [-0.4, -0.2) is 36.5 Å². The number of primary amides is 1. The van der Waals surface area contributed by atoms with Crippen molar-refractivity contribution in [3.63, 3.8) is 0 Å². The first kappa shape index (κ1) is 11.8. The highest BCUT2D eigenvalue weighted by molar-refractivity contribution is 5.77. The average Bonchev–Trinajstić information content (AvgIpc) is 2.44. The van der Waals surface area contributed by atoms with Crippen LogP contribution in [0.3, 0.4) is 0 Å². The third-order valence-corrected chi connectivity index (χ3v) is 2.54. The van der Waals surface area contributed by atoms with E-state index in [2.05, 4.69) is 5.32 Å². The van der Waals surface area contributed by atoms with E-state index in [1.807, 2.05) is 4.90 Å². The molecular weight excluding hydrogens is 194 g/mol. The second-order valence-electron chi connectivity index (χ2n) is 3.85. The Labute approximate surface area is 90.0 Å². The van der Waals surface area contributed by atoms with E-state index in [4.69, 9.17) is 5.73 Å². The van der Waals surface area contributed by atoms with Gasteiger partial charge in [0.05, 0.1) is 0 Å². The van der Waals surface area contributed by atoms with Crippen LogP contribution in [0.1, 0.15) is 32.1 Å². The molecule has 3 amide bonds. The Kier molecular flexibility index (Phi) is 4.93. The zero-order valence-electron chi connectivity index (χ0n) is 9.00. The lowest BCUT2D eigenvalue weighted by molar-refractivity contribution is -0.117. The van der Waals surface area contributed by atoms with Gasteiger partial charge in [0, 0.05) is 26.1 Å². The summed E-state index contributed by atoms with van der Waals surface area (Å²) in [4.78, 5) is 23.9. The number of rotatable bonds is 3. The van der Waals surface area contributed by atoms with Crippen LogP contribution in [0.25, 0.3) is 0 Å². The summed E-state index contributed by atoms with van der Waals surface area (Å²) < 4.78 is 0. The number of hydrogen-bond acceptors (Lipinski definition) is 2. The number of carbonyl (C=O) groups excluding carboxylic acids is 2. The van der Waals surface area contributed by atoms with E-state index < -0.39 is 0 Å². The number of likely N-dealkylation sites (tertiary alicyclic amines) is 1. The van der Waals surface area contributed by atoms with Crippen molar-refractivity contribution in [3.05, 3.63) is 0 Å². The van der Waals surface area contributed by atoms with Crippen LogP contribution in [0.15, 0.2) is 0 Å². The Bertz CT molecular complexity index is 223. The molecule has 0 saturated carbocycles. The molecule has 0 unspecified atom stereocenters. The van der Waals surface area contributed by atoms with Gasteiger partial charge in [0.2, 0.25) is 5.91 Å². The molecule has 0 atom stereocenters. The monoisotopic (exact) mass is 213 g/mol. The van der Waals surface area contributed by atoms with E-state index in [1.165, 1.54) is 12.8 Å². The fourth-order valence-electron chi connectivity index (χ4n) is 1.68. The highest BCUT2D eigenvalue weighted by atomic mass is 16.2. The van der Waals surface area contributed by atoms with Gasteiger partial charge in [-0.3, -0.25) is 4.79 Å². The van der Waals surface area contributed by atoms with Crippen molar-refractivity contribution in [3.8, 4) is 0 Å². The van der Waals surface area contributed by atoms with Crippen molar-refractivity contribution < 1.29 is 9.59 Å². The highest BCUT2D eigenvalue weighted by Gasteiger charge is 2.14. The standard InChI is InChI=1S/C10H19N3O2/c11-9(14)5-6-12-10(15)13-7-3-1-2-4-8-13/h1-8H2,(H2,11,14)(H,12,15). The summed E-state index contributed by atoms with van der Waals surface area (Å²) in [7, 11) is 0. The Balaban J connectivity index is 2.22. The van der Waals surface area contributed by atoms with Gasteiger partial charge in [0.1, 0.15) is 0 Å². The molecule has 0 bridgehead atoms. The molecule has 1 aliphatic heterocycles. The van der Waals surface area contributed by atoms with Crippen LogP contribution >= 0.6 is 0 Å². The van der Waals surface area contributed by atoms with E-state index >= 15 is 0 Å². The molecule has 15 heavy (non-hydrogen) atoms. The summed E-state index contributed by atoms with van der Waals surface area (Å²) in [5.74, 6) is -0.383. The van der Waals surface area contributed by atoms with Crippen LogP contribution in [0, 0.1) is 0 Å². The molecule has 86 valence electrons. The smallest absolute Gasteiger partial charge is 0.317 e. The van der Waals surface area contributed by atoms with E-state index in [1.54, 1.807) is 0 Å². The number of amides is 3. The number of hydrogen-bond donors (Lipinski definition) is 2. The molecule has 0 spiro atoms. The lowest BCUT2D eigenvalue weighted by Crippen LogP contribution is -2.41. The molecule has 0 aliphatic carbocycles.